The Kier molecular flexibility index (Phi) is 4.14. The first-order chi connectivity index (χ1) is 9.58. The smallest absolute Gasteiger partial charge is 0.243 e. The van der Waals surface area contributed by atoms with Gasteiger partial charge in [-0.25, -0.2) is 15.4 Å². The summed E-state index contributed by atoms with van der Waals surface area (Å²) in [7, 11) is 1.50. The highest BCUT2D eigenvalue weighted by atomic mass is 16.5. The highest BCUT2D eigenvalue weighted by Gasteiger charge is 2.01. The molecule has 0 spiro atoms. The number of hydrogen-bond donors (Lipinski definition) is 2. The number of phenolic OH excluding ortho intramolecular Hbond substituents is 1. The monoisotopic (exact) mass is 272 g/mol. The van der Waals surface area contributed by atoms with Gasteiger partial charge < -0.3 is 9.84 Å². The average molecular weight is 272 g/mol. The van der Waals surface area contributed by atoms with Crippen LogP contribution in [-0.2, 0) is 0 Å². The molecule has 1 aromatic heterocycles. The van der Waals surface area contributed by atoms with Crippen molar-refractivity contribution in [1.82, 2.24) is 9.97 Å². The molecule has 0 radical (unpaired) electrons. The molecule has 0 unspecified atom stereocenters. The van der Waals surface area contributed by atoms with Crippen LogP contribution < -0.4 is 10.2 Å². The minimum Gasteiger partial charge on any atom is -0.504 e. The molecule has 20 heavy (non-hydrogen) atoms. The number of anilines is 1. The molecule has 0 saturated carbocycles. The number of methoxy groups -OCH3 is 1. The lowest BCUT2D eigenvalue weighted by molar-refractivity contribution is 0.373. The first-order valence-corrected chi connectivity index (χ1v) is 6.07. The normalized spacial score (nSPS) is 10.8. The number of rotatable bonds is 4. The average Bonchev–Trinajstić information content (AvgIpc) is 2.39. The van der Waals surface area contributed by atoms with Crippen molar-refractivity contribution in [2.24, 2.45) is 5.10 Å². The summed E-state index contributed by atoms with van der Waals surface area (Å²) in [5.41, 5.74) is 5.31. The van der Waals surface area contributed by atoms with E-state index >= 15 is 0 Å². The number of phenols is 1. The zero-order valence-electron chi connectivity index (χ0n) is 11.6. The van der Waals surface area contributed by atoms with E-state index in [1.807, 2.05) is 19.9 Å². The van der Waals surface area contributed by atoms with Gasteiger partial charge in [-0.15, -0.1) is 0 Å². The van der Waals surface area contributed by atoms with E-state index < -0.39 is 0 Å². The first kappa shape index (κ1) is 13.8. The molecule has 1 aromatic carbocycles. The Hall–Kier alpha value is -2.63. The van der Waals surface area contributed by atoms with Crippen LogP contribution >= 0.6 is 0 Å². The van der Waals surface area contributed by atoms with Crippen molar-refractivity contribution < 1.29 is 9.84 Å². The molecule has 6 heteroatoms. The number of aryl methyl sites for hydroxylation is 2. The Morgan fingerprint density at radius 2 is 1.90 bits per heavy atom. The lowest BCUT2D eigenvalue weighted by Crippen LogP contribution is -1.99. The third kappa shape index (κ3) is 3.44. The number of nitrogens with zero attached hydrogens (tertiary/aromatic N) is 3. The second kappa shape index (κ2) is 6.01. The van der Waals surface area contributed by atoms with Crippen molar-refractivity contribution in [3.05, 3.63) is 41.2 Å². The standard InChI is InChI=1S/C14H16N4O2/c1-9-6-10(2)17-14(16-9)18-15-8-11-4-5-12(19)13(7-11)20-3/h4-8,19H,1-3H3,(H,16,17,18)/b15-8-. The van der Waals surface area contributed by atoms with Crippen molar-refractivity contribution >= 4 is 12.2 Å². The molecule has 6 nitrogen and oxygen atoms in total. The van der Waals surface area contributed by atoms with Crippen molar-refractivity contribution in [3.63, 3.8) is 0 Å². The molecule has 0 amide bonds. The molecule has 0 fully saturated rings. The molecule has 0 saturated heterocycles. The van der Waals surface area contributed by atoms with Crippen molar-refractivity contribution in [3.8, 4) is 11.5 Å². The van der Waals surface area contributed by atoms with E-state index in [1.54, 1.807) is 24.4 Å². The van der Waals surface area contributed by atoms with E-state index in [4.69, 9.17) is 4.74 Å². The maximum atomic E-state index is 9.49. The van der Waals surface area contributed by atoms with Gasteiger partial charge in [-0.2, -0.15) is 5.10 Å². The molecule has 0 bridgehead atoms. The van der Waals surface area contributed by atoms with Gasteiger partial charge in [-0.1, -0.05) is 0 Å². The molecule has 104 valence electrons. The summed E-state index contributed by atoms with van der Waals surface area (Å²) in [6.07, 6.45) is 1.60. The summed E-state index contributed by atoms with van der Waals surface area (Å²) in [4.78, 5) is 8.42. The molecule has 0 aliphatic carbocycles. The molecule has 2 aromatic rings. The van der Waals surface area contributed by atoms with E-state index in [9.17, 15) is 5.11 Å². The topological polar surface area (TPSA) is 79.6 Å². The summed E-state index contributed by atoms with van der Waals surface area (Å²) in [5, 5.41) is 13.6. The number of benzene rings is 1. The lowest BCUT2D eigenvalue weighted by atomic mass is 10.2. The fraction of sp³-hybridized carbons (Fsp3) is 0.214. The Balaban J connectivity index is 2.10. The minimum absolute atomic E-state index is 0.0928. The molecular weight excluding hydrogens is 256 g/mol. The zero-order valence-corrected chi connectivity index (χ0v) is 11.6. The highest BCUT2D eigenvalue weighted by molar-refractivity contribution is 5.81. The Bertz CT molecular complexity index is 621. The fourth-order valence-corrected chi connectivity index (χ4v) is 1.72. The Morgan fingerprint density at radius 1 is 1.20 bits per heavy atom. The fourth-order valence-electron chi connectivity index (χ4n) is 1.72. The van der Waals surface area contributed by atoms with E-state index in [0.29, 0.717) is 11.7 Å². The number of nitrogens with one attached hydrogen (secondary N) is 1. The maximum absolute atomic E-state index is 9.49. The van der Waals surface area contributed by atoms with E-state index in [0.717, 1.165) is 17.0 Å². The molecular formula is C14H16N4O2. The van der Waals surface area contributed by atoms with Crippen LogP contribution in [0.5, 0.6) is 11.5 Å². The van der Waals surface area contributed by atoms with Crippen LogP contribution in [0.2, 0.25) is 0 Å². The first-order valence-electron chi connectivity index (χ1n) is 6.07. The lowest BCUT2D eigenvalue weighted by Gasteiger charge is -2.04. The summed E-state index contributed by atoms with van der Waals surface area (Å²) in [5.74, 6) is 0.941. The van der Waals surface area contributed by atoms with Crippen LogP contribution in [0.4, 0.5) is 5.95 Å². The summed E-state index contributed by atoms with van der Waals surface area (Å²) < 4.78 is 5.02. The largest absolute Gasteiger partial charge is 0.504 e. The molecule has 2 N–H and O–H groups in total. The van der Waals surface area contributed by atoms with Crippen LogP contribution in [0.25, 0.3) is 0 Å². The highest BCUT2D eigenvalue weighted by Crippen LogP contribution is 2.25. The van der Waals surface area contributed by atoms with Crippen LogP contribution in [-0.4, -0.2) is 28.4 Å². The van der Waals surface area contributed by atoms with Gasteiger partial charge in [0.1, 0.15) is 0 Å². The second-order valence-corrected chi connectivity index (χ2v) is 4.28. The molecule has 0 aliphatic rings. The third-order valence-electron chi connectivity index (χ3n) is 2.56. The minimum atomic E-state index is 0.0928. The van der Waals surface area contributed by atoms with Crippen LogP contribution in [0.15, 0.2) is 29.4 Å². The summed E-state index contributed by atoms with van der Waals surface area (Å²) in [6, 6.07) is 6.85. The summed E-state index contributed by atoms with van der Waals surface area (Å²) >= 11 is 0. The van der Waals surface area contributed by atoms with Crippen LogP contribution in [0.3, 0.4) is 0 Å². The molecule has 2 rings (SSSR count). The third-order valence-corrected chi connectivity index (χ3v) is 2.56. The SMILES string of the molecule is COc1cc(/C=N\Nc2nc(C)cc(C)n2)ccc1O. The second-order valence-electron chi connectivity index (χ2n) is 4.28. The summed E-state index contributed by atoms with van der Waals surface area (Å²) in [6.45, 7) is 3.79. The Labute approximate surface area is 117 Å². The van der Waals surface area contributed by atoms with Gasteiger partial charge in [0.25, 0.3) is 0 Å². The van der Waals surface area contributed by atoms with Gasteiger partial charge in [0.05, 0.1) is 13.3 Å². The molecule has 1 heterocycles. The number of ether oxygens (including phenoxy) is 1. The van der Waals surface area contributed by atoms with E-state index in [2.05, 4.69) is 20.5 Å². The number of aromatic nitrogens is 2. The zero-order chi connectivity index (χ0) is 14.5. The van der Waals surface area contributed by atoms with Gasteiger partial charge in [-0.3, -0.25) is 0 Å². The van der Waals surface area contributed by atoms with Gasteiger partial charge in [-0.05, 0) is 43.7 Å². The van der Waals surface area contributed by atoms with Crippen LogP contribution in [0.1, 0.15) is 17.0 Å². The Morgan fingerprint density at radius 3 is 2.55 bits per heavy atom. The van der Waals surface area contributed by atoms with E-state index in [-0.39, 0.29) is 5.75 Å². The quantitative estimate of drug-likeness (QED) is 0.659. The van der Waals surface area contributed by atoms with Crippen molar-refractivity contribution in [1.29, 1.82) is 0 Å². The van der Waals surface area contributed by atoms with Gasteiger partial charge in [0.2, 0.25) is 5.95 Å². The van der Waals surface area contributed by atoms with Crippen LogP contribution in [0, 0.1) is 13.8 Å². The predicted molar refractivity (Wildman–Crippen MR) is 77.4 cm³/mol. The molecule has 0 atom stereocenters. The molecule has 0 aliphatic heterocycles. The number of aromatic hydroxyl groups is 1. The maximum Gasteiger partial charge on any atom is 0.243 e. The number of hydrogen-bond acceptors (Lipinski definition) is 6. The van der Waals surface area contributed by atoms with E-state index in [1.165, 1.54) is 7.11 Å². The number of hydrazone groups is 1. The van der Waals surface area contributed by atoms with Crippen molar-refractivity contribution in [2.75, 3.05) is 12.5 Å². The van der Waals surface area contributed by atoms with Gasteiger partial charge >= 0.3 is 0 Å². The predicted octanol–water partition coefficient (Wildman–Crippen LogP) is 2.25. The van der Waals surface area contributed by atoms with Gasteiger partial charge in [0, 0.05) is 11.4 Å². The van der Waals surface area contributed by atoms with Crippen molar-refractivity contribution in [2.45, 2.75) is 13.8 Å². The van der Waals surface area contributed by atoms with Gasteiger partial charge in [0.15, 0.2) is 11.5 Å².